The van der Waals surface area contributed by atoms with Gasteiger partial charge in [0.05, 0.1) is 27.2 Å². The molecule has 8 nitrogen and oxygen atoms in total. The van der Waals surface area contributed by atoms with Gasteiger partial charge < -0.3 is 33.9 Å². The molecular weight excluding hydrogens is 368 g/mol. The highest BCUT2D eigenvalue weighted by atomic mass is 16.6. The number of carbonyl (C=O) groups is 1. The highest BCUT2D eigenvalue weighted by Gasteiger charge is 2.39. The molecule has 148 valence electrons. The van der Waals surface area contributed by atoms with Gasteiger partial charge in [-0.25, -0.2) is 0 Å². The van der Waals surface area contributed by atoms with E-state index in [2.05, 4.69) is 0 Å². The largest absolute Gasteiger partial charge is 0.504 e. The number of ether oxygens (including phenoxy) is 5. The Morgan fingerprint density at radius 1 is 1.04 bits per heavy atom. The molecule has 2 aromatic carbocycles. The molecule has 28 heavy (non-hydrogen) atoms. The number of fused-ring (bicyclic) bond motifs is 3. The molecular formula is C20H20O8. The molecule has 8 heteroatoms. The quantitative estimate of drug-likeness (QED) is 0.607. The Kier molecular flexibility index (Phi) is 4.64. The Morgan fingerprint density at radius 3 is 2.54 bits per heavy atom. The van der Waals surface area contributed by atoms with Crippen molar-refractivity contribution < 1.29 is 38.7 Å². The summed E-state index contributed by atoms with van der Waals surface area (Å²) in [4.78, 5) is 11.8. The lowest BCUT2D eigenvalue weighted by Gasteiger charge is -2.35. The minimum absolute atomic E-state index is 0.0116. The van der Waals surface area contributed by atoms with Gasteiger partial charge in [-0.1, -0.05) is 6.07 Å². The summed E-state index contributed by atoms with van der Waals surface area (Å²) >= 11 is 0. The van der Waals surface area contributed by atoms with Crippen molar-refractivity contribution in [1.82, 2.24) is 0 Å². The van der Waals surface area contributed by atoms with E-state index in [9.17, 15) is 15.0 Å². The SMILES string of the molecule is COc1cc([C@H]2Oc3c(OC)cc4c(c3O[C@H]2CO)OC(=O)CC4)ccc1O. The van der Waals surface area contributed by atoms with Gasteiger partial charge in [-0.05, 0) is 24.6 Å². The van der Waals surface area contributed by atoms with Crippen molar-refractivity contribution in [1.29, 1.82) is 0 Å². The first-order valence-electron chi connectivity index (χ1n) is 8.81. The van der Waals surface area contributed by atoms with Crippen LogP contribution in [0.25, 0.3) is 0 Å². The molecule has 2 aromatic rings. The number of aliphatic hydroxyl groups excluding tert-OH is 1. The number of hydrogen-bond donors (Lipinski definition) is 2. The fraction of sp³-hybridized carbons (Fsp3) is 0.350. The third-order valence-electron chi connectivity index (χ3n) is 4.83. The molecule has 0 amide bonds. The first-order chi connectivity index (χ1) is 13.5. The molecule has 2 heterocycles. The number of esters is 1. The summed E-state index contributed by atoms with van der Waals surface area (Å²) < 4.78 is 28.1. The lowest BCUT2D eigenvalue weighted by Crippen LogP contribution is -2.36. The van der Waals surface area contributed by atoms with Crippen LogP contribution in [0.4, 0.5) is 0 Å². The standard InChI is InChI=1S/C20H20O8/c1-24-13-7-10(3-5-12(13)22)17-15(9-21)26-20-18-11(4-6-16(23)27-18)8-14(25-2)19(20)28-17/h3,5,7-8,15,17,21-22H,4,6,9H2,1-2H3/t15-,17+/m0/s1. The van der Waals surface area contributed by atoms with Crippen LogP contribution in [-0.2, 0) is 11.2 Å². The average molecular weight is 388 g/mol. The number of hydrogen-bond acceptors (Lipinski definition) is 8. The predicted octanol–water partition coefficient (Wildman–Crippen LogP) is 2.13. The molecule has 0 bridgehead atoms. The zero-order chi connectivity index (χ0) is 19.8. The second-order valence-corrected chi connectivity index (χ2v) is 6.51. The Labute approximate surface area is 161 Å². The van der Waals surface area contributed by atoms with E-state index >= 15 is 0 Å². The molecule has 2 aliphatic heterocycles. The topological polar surface area (TPSA) is 104 Å². The van der Waals surface area contributed by atoms with Gasteiger partial charge in [-0.3, -0.25) is 4.79 Å². The fourth-order valence-corrected chi connectivity index (χ4v) is 3.42. The van der Waals surface area contributed by atoms with Gasteiger partial charge in [-0.2, -0.15) is 0 Å². The number of phenolic OH excluding ortho intramolecular Hbond substituents is 1. The van der Waals surface area contributed by atoms with Crippen LogP contribution < -0.4 is 23.7 Å². The van der Waals surface area contributed by atoms with Crippen molar-refractivity contribution in [3.05, 3.63) is 35.4 Å². The van der Waals surface area contributed by atoms with Crippen LogP contribution >= 0.6 is 0 Å². The molecule has 0 radical (unpaired) electrons. The zero-order valence-electron chi connectivity index (χ0n) is 15.4. The first kappa shape index (κ1) is 18.2. The zero-order valence-corrected chi connectivity index (χ0v) is 15.4. The highest BCUT2D eigenvalue weighted by Crippen LogP contribution is 2.53. The van der Waals surface area contributed by atoms with Crippen LogP contribution in [0, 0.1) is 0 Å². The van der Waals surface area contributed by atoms with E-state index in [1.54, 1.807) is 18.2 Å². The smallest absolute Gasteiger partial charge is 0.311 e. The number of aryl methyl sites for hydroxylation is 1. The Balaban J connectivity index is 1.80. The maximum Gasteiger partial charge on any atom is 0.311 e. The maximum atomic E-state index is 11.8. The molecule has 2 atom stereocenters. The summed E-state index contributed by atoms with van der Waals surface area (Å²) in [5.41, 5.74) is 1.41. The number of rotatable bonds is 4. The summed E-state index contributed by atoms with van der Waals surface area (Å²) in [5.74, 6) is 1.18. The summed E-state index contributed by atoms with van der Waals surface area (Å²) in [6.45, 7) is -0.340. The third kappa shape index (κ3) is 2.95. The number of carbonyl (C=O) groups excluding carboxylic acids is 1. The number of methoxy groups -OCH3 is 2. The molecule has 2 N–H and O–H groups in total. The van der Waals surface area contributed by atoms with Crippen molar-refractivity contribution >= 4 is 5.97 Å². The Hall–Kier alpha value is -3.13. The second-order valence-electron chi connectivity index (χ2n) is 6.51. The number of phenols is 1. The van der Waals surface area contributed by atoms with Crippen molar-refractivity contribution in [3.8, 4) is 34.5 Å². The lowest BCUT2D eigenvalue weighted by atomic mass is 10.00. The van der Waals surface area contributed by atoms with Crippen LogP contribution in [0.5, 0.6) is 34.5 Å². The van der Waals surface area contributed by atoms with Gasteiger partial charge >= 0.3 is 5.97 Å². The molecule has 2 aliphatic rings. The van der Waals surface area contributed by atoms with Crippen LogP contribution in [0.2, 0.25) is 0 Å². The van der Waals surface area contributed by atoms with Crippen molar-refractivity contribution in [2.45, 2.75) is 25.0 Å². The van der Waals surface area contributed by atoms with Gasteiger partial charge in [0.2, 0.25) is 11.5 Å². The lowest BCUT2D eigenvalue weighted by molar-refractivity contribution is -0.135. The van der Waals surface area contributed by atoms with E-state index in [0.717, 1.165) is 5.56 Å². The number of aliphatic hydroxyl groups is 1. The van der Waals surface area contributed by atoms with Crippen molar-refractivity contribution in [2.75, 3.05) is 20.8 Å². The van der Waals surface area contributed by atoms with Gasteiger partial charge in [0.1, 0.15) is 0 Å². The van der Waals surface area contributed by atoms with Gasteiger partial charge in [-0.15, -0.1) is 0 Å². The van der Waals surface area contributed by atoms with Crippen LogP contribution in [0.15, 0.2) is 24.3 Å². The van der Waals surface area contributed by atoms with E-state index in [-0.39, 0.29) is 42.0 Å². The fourth-order valence-electron chi connectivity index (χ4n) is 3.42. The molecule has 0 spiro atoms. The predicted molar refractivity (Wildman–Crippen MR) is 96.5 cm³/mol. The van der Waals surface area contributed by atoms with Gasteiger partial charge in [0.25, 0.3) is 0 Å². The summed E-state index contributed by atoms with van der Waals surface area (Å²) in [5, 5.41) is 19.7. The molecule has 0 aromatic heterocycles. The van der Waals surface area contributed by atoms with Crippen LogP contribution in [-0.4, -0.2) is 43.1 Å². The molecule has 0 saturated carbocycles. The Bertz CT molecular complexity index is 923. The molecule has 0 aliphatic carbocycles. The van der Waals surface area contributed by atoms with E-state index in [1.165, 1.54) is 20.3 Å². The summed E-state index contributed by atoms with van der Waals surface area (Å²) in [6.07, 6.45) is -0.685. The van der Waals surface area contributed by atoms with E-state index < -0.39 is 12.2 Å². The first-order valence-corrected chi connectivity index (χ1v) is 8.81. The summed E-state index contributed by atoms with van der Waals surface area (Å²) in [6, 6.07) is 6.51. The van der Waals surface area contributed by atoms with E-state index in [1.807, 2.05) is 0 Å². The van der Waals surface area contributed by atoms with Crippen molar-refractivity contribution in [3.63, 3.8) is 0 Å². The monoisotopic (exact) mass is 388 g/mol. The second kappa shape index (κ2) is 7.12. The van der Waals surface area contributed by atoms with Crippen LogP contribution in [0.1, 0.15) is 23.7 Å². The number of benzene rings is 2. The summed E-state index contributed by atoms with van der Waals surface area (Å²) in [7, 11) is 2.95. The van der Waals surface area contributed by atoms with E-state index in [0.29, 0.717) is 23.5 Å². The van der Waals surface area contributed by atoms with Crippen molar-refractivity contribution in [2.24, 2.45) is 0 Å². The minimum atomic E-state index is -0.765. The van der Waals surface area contributed by atoms with Gasteiger partial charge in [0.15, 0.2) is 35.2 Å². The normalized spacial score (nSPS) is 20.2. The van der Waals surface area contributed by atoms with Crippen LogP contribution in [0.3, 0.4) is 0 Å². The average Bonchev–Trinajstić information content (AvgIpc) is 2.72. The van der Waals surface area contributed by atoms with Gasteiger partial charge in [0, 0.05) is 11.1 Å². The molecule has 0 saturated heterocycles. The third-order valence-corrected chi connectivity index (χ3v) is 4.83. The van der Waals surface area contributed by atoms with E-state index in [4.69, 9.17) is 23.7 Å². The molecule has 0 fully saturated rings. The Morgan fingerprint density at radius 2 is 1.82 bits per heavy atom. The maximum absolute atomic E-state index is 11.8. The number of aromatic hydroxyl groups is 1. The minimum Gasteiger partial charge on any atom is -0.504 e. The highest BCUT2D eigenvalue weighted by molar-refractivity contribution is 5.79. The molecule has 0 unspecified atom stereocenters. The molecule has 4 rings (SSSR count).